The molecule has 0 saturated heterocycles. The molecule has 1 amide bonds. The van der Waals surface area contributed by atoms with E-state index in [1.54, 1.807) is 31.2 Å². The van der Waals surface area contributed by atoms with Crippen LogP contribution >= 0.6 is 0 Å². The van der Waals surface area contributed by atoms with Crippen LogP contribution in [0, 0.1) is 0 Å². The Balaban J connectivity index is 2.18. The lowest BCUT2D eigenvalue weighted by molar-refractivity contribution is -0.143. The molecule has 6 nitrogen and oxygen atoms in total. The van der Waals surface area contributed by atoms with Gasteiger partial charge < -0.3 is 20.5 Å². The highest BCUT2D eigenvalue weighted by atomic mass is 16.5. The maximum Gasteiger partial charge on any atom is 0.325 e. The minimum atomic E-state index is -0.451. The minimum Gasteiger partial charge on any atom is -0.493 e. The predicted octanol–water partition coefficient (Wildman–Crippen LogP) is 0.717. The summed E-state index contributed by atoms with van der Waals surface area (Å²) in [6.45, 7) is 2.11. The Morgan fingerprint density at radius 1 is 1.37 bits per heavy atom. The molecule has 19 heavy (non-hydrogen) atoms. The molecule has 1 aromatic carbocycles. The summed E-state index contributed by atoms with van der Waals surface area (Å²) in [5.41, 5.74) is 6.19. The molecule has 6 heteroatoms. The van der Waals surface area contributed by atoms with Crippen molar-refractivity contribution in [1.82, 2.24) is 5.32 Å². The van der Waals surface area contributed by atoms with E-state index in [2.05, 4.69) is 10.1 Å². The van der Waals surface area contributed by atoms with E-state index < -0.39 is 5.97 Å². The molecule has 0 heterocycles. The number of anilines is 1. The fourth-order valence-corrected chi connectivity index (χ4v) is 1.34. The number of rotatable bonds is 7. The number of carbonyl (C=O) groups is 2. The van der Waals surface area contributed by atoms with E-state index in [9.17, 15) is 9.59 Å². The molecule has 1 aromatic rings. The van der Waals surface area contributed by atoms with Gasteiger partial charge in [-0.25, -0.2) is 0 Å². The molecule has 0 aliphatic heterocycles. The number of benzene rings is 1. The first-order valence-corrected chi connectivity index (χ1v) is 6.02. The van der Waals surface area contributed by atoms with Crippen LogP contribution in [0.3, 0.4) is 0 Å². The highest BCUT2D eigenvalue weighted by molar-refractivity contribution is 5.81. The summed E-state index contributed by atoms with van der Waals surface area (Å²) in [4.78, 5) is 22.4. The summed E-state index contributed by atoms with van der Waals surface area (Å²) in [6.07, 6.45) is 0.161. The van der Waals surface area contributed by atoms with Gasteiger partial charge in [-0.3, -0.25) is 9.59 Å². The number of hydrogen-bond acceptors (Lipinski definition) is 5. The molecule has 0 bridgehead atoms. The van der Waals surface area contributed by atoms with Crippen molar-refractivity contribution >= 4 is 17.6 Å². The largest absolute Gasteiger partial charge is 0.493 e. The average Bonchev–Trinajstić information content (AvgIpc) is 2.37. The summed E-state index contributed by atoms with van der Waals surface area (Å²) in [5.74, 6) is -0.109. The third-order valence-electron chi connectivity index (χ3n) is 2.19. The Hall–Kier alpha value is -2.24. The molecule has 0 unspecified atom stereocenters. The van der Waals surface area contributed by atoms with Crippen LogP contribution in [0.5, 0.6) is 5.75 Å². The number of nitrogens with one attached hydrogen (secondary N) is 1. The second-order valence-corrected chi connectivity index (χ2v) is 3.75. The quantitative estimate of drug-likeness (QED) is 0.560. The maximum absolute atomic E-state index is 11.4. The first-order valence-electron chi connectivity index (χ1n) is 6.02. The molecule has 0 saturated carbocycles. The van der Waals surface area contributed by atoms with Crippen molar-refractivity contribution in [1.29, 1.82) is 0 Å². The van der Waals surface area contributed by atoms with Crippen LogP contribution in [0.15, 0.2) is 24.3 Å². The zero-order valence-corrected chi connectivity index (χ0v) is 10.8. The van der Waals surface area contributed by atoms with Crippen molar-refractivity contribution in [2.24, 2.45) is 0 Å². The molecule has 0 fully saturated rings. The number of amides is 1. The van der Waals surface area contributed by atoms with E-state index in [0.717, 1.165) is 0 Å². The van der Waals surface area contributed by atoms with Crippen molar-refractivity contribution in [2.45, 2.75) is 13.3 Å². The van der Waals surface area contributed by atoms with E-state index in [1.165, 1.54) is 0 Å². The number of hydrogen-bond donors (Lipinski definition) is 2. The lowest BCUT2D eigenvalue weighted by Crippen LogP contribution is -2.31. The zero-order chi connectivity index (χ0) is 14.1. The van der Waals surface area contributed by atoms with Crippen molar-refractivity contribution in [3.05, 3.63) is 24.3 Å². The Kier molecular flexibility index (Phi) is 6.21. The summed E-state index contributed by atoms with van der Waals surface area (Å²) in [5, 5.41) is 2.45. The van der Waals surface area contributed by atoms with Crippen LogP contribution in [-0.2, 0) is 14.3 Å². The second-order valence-electron chi connectivity index (χ2n) is 3.75. The number of carbonyl (C=O) groups excluding carboxylic acids is 2. The Morgan fingerprint density at radius 3 is 2.84 bits per heavy atom. The van der Waals surface area contributed by atoms with Gasteiger partial charge in [-0.2, -0.15) is 0 Å². The first-order chi connectivity index (χ1) is 9.11. The monoisotopic (exact) mass is 266 g/mol. The Bertz CT molecular complexity index is 434. The smallest absolute Gasteiger partial charge is 0.325 e. The van der Waals surface area contributed by atoms with Gasteiger partial charge in [0.25, 0.3) is 0 Å². The van der Waals surface area contributed by atoms with Gasteiger partial charge in [0, 0.05) is 11.8 Å². The number of nitrogen functional groups attached to an aromatic ring is 1. The van der Waals surface area contributed by atoms with E-state index >= 15 is 0 Å². The lowest BCUT2D eigenvalue weighted by atomic mass is 10.3. The highest BCUT2D eigenvalue weighted by Gasteiger charge is 2.06. The summed E-state index contributed by atoms with van der Waals surface area (Å²) in [6, 6.07) is 6.95. The van der Waals surface area contributed by atoms with Crippen molar-refractivity contribution in [3.63, 3.8) is 0 Å². The molecule has 104 valence electrons. The van der Waals surface area contributed by atoms with Crippen LogP contribution in [0.2, 0.25) is 0 Å². The molecule has 0 radical (unpaired) electrons. The Labute approximate surface area is 111 Å². The summed E-state index contributed by atoms with van der Waals surface area (Å²) in [7, 11) is 0. The SMILES string of the molecule is CCOC(=O)CNC(=O)CCOc1cccc(N)c1. The lowest BCUT2D eigenvalue weighted by Gasteiger charge is -2.07. The number of esters is 1. The molecule has 0 aliphatic carbocycles. The predicted molar refractivity (Wildman–Crippen MR) is 70.6 cm³/mol. The molecule has 0 aliphatic rings. The molecular formula is C13H18N2O4. The second kappa shape index (κ2) is 7.97. The molecule has 0 spiro atoms. The zero-order valence-electron chi connectivity index (χ0n) is 10.8. The van der Waals surface area contributed by atoms with Crippen molar-refractivity contribution in [2.75, 3.05) is 25.5 Å². The normalized spacial score (nSPS) is 9.74. The van der Waals surface area contributed by atoms with Gasteiger partial charge in [-0.15, -0.1) is 0 Å². The number of ether oxygens (including phenoxy) is 2. The van der Waals surface area contributed by atoms with Gasteiger partial charge in [0.2, 0.25) is 5.91 Å². The number of nitrogens with two attached hydrogens (primary N) is 1. The van der Waals surface area contributed by atoms with Gasteiger partial charge in [0.1, 0.15) is 12.3 Å². The fourth-order valence-electron chi connectivity index (χ4n) is 1.34. The molecular weight excluding hydrogens is 248 g/mol. The third-order valence-corrected chi connectivity index (χ3v) is 2.19. The van der Waals surface area contributed by atoms with Crippen LogP contribution in [0.4, 0.5) is 5.69 Å². The first kappa shape index (κ1) is 14.8. The van der Waals surface area contributed by atoms with Gasteiger partial charge in [-0.1, -0.05) is 6.07 Å². The van der Waals surface area contributed by atoms with Crippen LogP contribution in [0.1, 0.15) is 13.3 Å². The van der Waals surface area contributed by atoms with E-state index in [1.807, 2.05) is 0 Å². The van der Waals surface area contributed by atoms with E-state index in [0.29, 0.717) is 18.0 Å². The van der Waals surface area contributed by atoms with Crippen LogP contribution < -0.4 is 15.8 Å². The third kappa shape index (κ3) is 6.30. The molecule has 0 atom stereocenters. The molecule has 0 aromatic heterocycles. The van der Waals surface area contributed by atoms with E-state index in [-0.39, 0.29) is 25.5 Å². The standard InChI is InChI=1S/C13H18N2O4/c1-2-18-13(17)9-15-12(16)6-7-19-11-5-3-4-10(14)8-11/h3-5,8H,2,6-7,9,14H2,1H3,(H,15,16). The van der Waals surface area contributed by atoms with E-state index in [4.69, 9.17) is 10.5 Å². The molecule has 1 rings (SSSR count). The minimum absolute atomic E-state index is 0.120. The topological polar surface area (TPSA) is 90.6 Å². The van der Waals surface area contributed by atoms with Crippen molar-refractivity contribution in [3.8, 4) is 5.75 Å². The Morgan fingerprint density at radius 2 is 2.16 bits per heavy atom. The van der Waals surface area contributed by atoms with Gasteiger partial charge in [0.05, 0.1) is 19.6 Å². The fraction of sp³-hybridized carbons (Fsp3) is 0.385. The van der Waals surface area contributed by atoms with Crippen LogP contribution in [-0.4, -0.2) is 31.6 Å². The van der Waals surface area contributed by atoms with Gasteiger partial charge in [0.15, 0.2) is 0 Å². The van der Waals surface area contributed by atoms with Crippen LogP contribution in [0.25, 0.3) is 0 Å². The highest BCUT2D eigenvalue weighted by Crippen LogP contribution is 2.14. The molecule has 3 N–H and O–H groups in total. The summed E-state index contributed by atoms with van der Waals surface area (Å²) < 4.78 is 10.0. The van der Waals surface area contributed by atoms with Crippen molar-refractivity contribution < 1.29 is 19.1 Å². The maximum atomic E-state index is 11.4. The average molecular weight is 266 g/mol. The van der Waals surface area contributed by atoms with Gasteiger partial charge in [-0.05, 0) is 19.1 Å². The summed E-state index contributed by atoms with van der Waals surface area (Å²) >= 11 is 0. The van der Waals surface area contributed by atoms with Gasteiger partial charge >= 0.3 is 5.97 Å².